The summed E-state index contributed by atoms with van der Waals surface area (Å²) in [5, 5.41) is 2.12. The molecule has 31 heavy (non-hydrogen) atoms. The van der Waals surface area contributed by atoms with Gasteiger partial charge in [-0.15, -0.1) is 11.3 Å². The van der Waals surface area contributed by atoms with Crippen LogP contribution in [-0.4, -0.2) is 42.9 Å². The van der Waals surface area contributed by atoms with Gasteiger partial charge in [-0.3, -0.25) is 14.7 Å². The standard InChI is InChI=1S/C24H29N5OS/c1-23(2,3)18-8-6-15(7-9-18)20-21(30)29(5)22(25)28-24(20,4)19-10-16(13-31-19)17-11-26-14-27-12-17/h6-11,13-14,17,20H,12H2,1-5H3,(H2,25,28)/t17?,20-,24-/m1/s1. The minimum Gasteiger partial charge on any atom is -0.369 e. The van der Waals surface area contributed by atoms with Crippen LogP contribution in [0.2, 0.25) is 0 Å². The van der Waals surface area contributed by atoms with E-state index in [0.717, 1.165) is 16.0 Å². The lowest BCUT2D eigenvalue weighted by atomic mass is 9.76. The van der Waals surface area contributed by atoms with Crippen molar-refractivity contribution in [2.45, 2.75) is 50.5 Å². The molecule has 0 aliphatic carbocycles. The minimum absolute atomic E-state index is 0.0442. The van der Waals surface area contributed by atoms with Gasteiger partial charge in [-0.25, -0.2) is 9.98 Å². The zero-order chi connectivity index (χ0) is 22.4. The van der Waals surface area contributed by atoms with Crippen molar-refractivity contribution >= 4 is 35.8 Å². The van der Waals surface area contributed by atoms with Crippen molar-refractivity contribution in [1.82, 2.24) is 4.90 Å². The summed E-state index contributed by atoms with van der Waals surface area (Å²) in [6.07, 6.45) is 3.50. The van der Waals surface area contributed by atoms with E-state index in [-0.39, 0.29) is 23.2 Å². The number of nitrogens with two attached hydrogens (primary N) is 1. The number of carbonyl (C=O) groups excluding carboxylic acids is 1. The Morgan fingerprint density at radius 1 is 1.19 bits per heavy atom. The van der Waals surface area contributed by atoms with Gasteiger partial charge in [-0.2, -0.15) is 0 Å². The number of aliphatic imine (C=N–C) groups is 3. The molecule has 1 aromatic carbocycles. The van der Waals surface area contributed by atoms with Crippen molar-refractivity contribution in [2.24, 2.45) is 20.7 Å². The molecule has 162 valence electrons. The van der Waals surface area contributed by atoms with Crippen LogP contribution in [0.15, 0.2) is 50.7 Å². The Morgan fingerprint density at radius 2 is 1.90 bits per heavy atom. The Balaban J connectivity index is 1.77. The molecule has 2 aliphatic heterocycles. The first-order chi connectivity index (χ1) is 14.6. The first kappa shape index (κ1) is 21.4. The van der Waals surface area contributed by atoms with Crippen molar-refractivity contribution < 1.29 is 4.79 Å². The van der Waals surface area contributed by atoms with Gasteiger partial charge in [0, 0.05) is 24.1 Å². The molecule has 7 heteroatoms. The Labute approximate surface area is 187 Å². The zero-order valence-corrected chi connectivity index (χ0v) is 19.5. The fourth-order valence-electron chi connectivity index (χ4n) is 4.16. The first-order valence-electron chi connectivity index (χ1n) is 10.4. The zero-order valence-electron chi connectivity index (χ0n) is 18.7. The summed E-state index contributed by atoms with van der Waals surface area (Å²) in [5.41, 5.74) is 8.75. The number of carbonyl (C=O) groups is 1. The molecule has 0 fully saturated rings. The molecule has 1 aromatic heterocycles. The van der Waals surface area contributed by atoms with Crippen LogP contribution >= 0.6 is 11.3 Å². The second kappa shape index (κ2) is 7.71. The van der Waals surface area contributed by atoms with E-state index in [9.17, 15) is 4.79 Å². The maximum Gasteiger partial charge on any atom is 0.239 e. The van der Waals surface area contributed by atoms with Crippen LogP contribution in [0.5, 0.6) is 0 Å². The number of amides is 1. The van der Waals surface area contributed by atoms with Gasteiger partial charge in [0.05, 0.1) is 12.5 Å². The van der Waals surface area contributed by atoms with Crippen LogP contribution in [0, 0.1) is 0 Å². The van der Waals surface area contributed by atoms with Crippen LogP contribution in [0.25, 0.3) is 0 Å². The molecule has 2 N–H and O–H groups in total. The van der Waals surface area contributed by atoms with Crippen molar-refractivity contribution in [3.8, 4) is 0 Å². The number of thiophene rings is 1. The summed E-state index contributed by atoms with van der Waals surface area (Å²) in [5.74, 6) is -0.110. The number of guanidine groups is 1. The second-order valence-corrected chi connectivity index (χ2v) is 10.4. The molecule has 4 rings (SSSR count). The van der Waals surface area contributed by atoms with Crippen LogP contribution in [-0.2, 0) is 15.7 Å². The molecule has 6 nitrogen and oxygen atoms in total. The van der Waals surface area contributed by atoms with E-state index in [2.05, 4.69) is 66.5 Å². The predicted molar refractivity (Wildman–Crippen MR) is 129 cm³/mol. The summed E-state index contributed by atoms with van der Waals surface area (Å²) < 4.78 is 0. The smallest absolute Gasteiger partial charge is 0.239 e. The van der Waals surface area contributed by atoms with E-state index in [1.165, 1.54) is 10.5 Å². The van der Waals surface area contributed by atoms with Gasteiger partial charge >= 0.3 is 0 Å². The Hall–Kier alpha value is -2.80. The Kier molecular flexibility index (Phi) is 5.33. The van der Waals surface area contributed by atoms with E-state index in [0.29, 0.717) is 6.54 Å². The number of hydrogen-bond donors (Lipinski definition) is 1. The topological polar surface area (TPSA) is 83.4 Å². The van der Waals surface area contributed by atoms with Crippen molar-refractivity contribution in [2.75, 3.05) is 13.6 Å². The lowest BCUT2D eigenvalue weighted by molar-refractivity contribution is -0.130. The number of benzene rings is 1. The van der Waals surface area contributed by atoms with Crippen LogP contribution < -0.4 is 5.73 Å². The molecule has 0 bridgehead atoms. The number of rotatable bonds is 3. The Morgan fingerprint density at radius 3 is 2.52 bits per heavy atom. The molecular formula is C24H29N5OS. The largest absolute Gasteiger partial charge is 0.369 e. The van der Waals surface area contributed by atoms with Gasteiger partial charge in [-0.1, -0.05) is 45.0 Å². The first-order valence-corrected chi connectivity index (χ1v) is 11.3. The van der Waals surface area contributed by atoms with Gasteiger partial charge < -0.3 is 5.73 Å². The highest BCUT2D eigenvalue weighted by atomic mass is 32.1. The summed E-state index contributed by atoms with van der Waals surface area (Å²) in [7, 11) is 1.69. The molecule has 0 saturated carbocycles. The number of likely N-dealkylation sites (N-methyl/N-ethyl adjacent to an activating group) is 1. The normalized spacial score (nSPS) is 26.3. The van der Waals surface area contributed by atoms with Crippen LogP contribution in [0.4, 0.5) is 0 Å². The van der Waals surface area contributed by atoms with E-state index < -0.39 is 11.5 Å². The molecule has 0 saturated heterocycles. The van der Waals surface area contributed by atoms with Crippen molar-refractivity contribution in [3.63, 3.8) is 0 Å². The monoisotopic (exact) mass is 435 g/mol. The molecule has 2 aliphatic rings. The molecular weight excluding hydrogens is 406 g/mol. The van der Waals surface area contributed by atoms with Gasteiger partial charge in [0.2, 0.25) is 5.91 Å². The molecule has 1 unspecified atom stereocenters. The highest BCUT2D eigenvalue weighted by Crippen LogP contribution is 2.46. The quantitative estimate of drug-likeness (QED) is 0.789. The fourth-order valence-corrected chi connectivity index (χ4v) is 5.28. The summed E-state index contributed by atoms with van der Waals surface area (Å²) in [6.45, 7) is 9.24. The summed E-state index contributed by atoms with van der Waals surface area (Å²) in [6, 6.07) is 10.5. The Bertz CT molecular complexity index is 1080. The lowest BCUT2D eigenvalue weighted by Gasteiger charge is -2.40. The predicted octanol–water partition coefficient (Wildman–Crippen LogP) is 4.03. The van der Waals surface area contributed by atoms with E-state index in [4.69, 9.17) is 10.7 Å². The second-order valence-electron chi connectivity index (χ2n) is 9.45. The van der Waals surface area contributed by atoms with E-state index in [1.54, 1.807) is 24.7 Å². The third kappa shape index (κ3) is 3.82. The maximum absolute atomic E-state index is 13.4. The van der Waals surface area contributed by atoms with Crippen molar-refractivity contribution in [1.29, 1.82) is 0 Å². The van der Waals surface area contributed by atoms with Gasteiger partial charge in [0.25, 0.3) is 0 Å². The van der Waals surface area contributed by atoms with Crippen molar-refractivity contribution in [3.05, 3.63) is 57.3 Å². The molecule has 3 atom stereocenters. The van der Waals surface area contributed by atoms with E-state index >= 15 is 0 Å². The molecule has 2 aromatic rings. The lowest BCUT2D eigenvalue weighted by Crippen LogP contribution is -2.52. The number of hydrogen-bond acceptors (Lipinski definition) is 6. The molecule has 3 heterocycles. The maximum atomic E-state index is 13.4. The minimum atomic E-state index is -0.783. The van der Waals surface area contributed by atoms with Gasteiger partial charge in [0.15, 0.2) is 5.96 Å². The summed E-state index contributed by atoms with van der Waals surface area (Å²) >= 11 is 1.61. The third-order valence-corrected chi connectivity index (χ3v) is 7.38. The number of nitrogens with zero attached hydrogens (tertiary/aromatic N) is 4. The SMILES string of the molecule is CN1C(=O)[C@@H](c2ccc(C(C)(C)C)cc2)[C@@](C)(c2cc(C3C=NC=NC3)cs2)N=C1N. The fraction of sp³-hybridized carbons (Fsp3) is 0.417. The third-order valence-electron chi connectivity index (χ3n) is 6.20. The van der Waals surface area contributed by atoms with Gasteiger partial charge in [0.1, 0.15) is 11.9 Å². The van der Waals surface area contributed by atoms with Crippen LogP contribution in [0.3, 0.4) is 0 Å². The summed E-state index contributed by atoms with van der Waals surface area (Å²) in [4.78, 5) is 29.2. The van der Waals surface area contributed by atoms with Gasteiger partial charge in [-0.05, 0) is 40.5 Å². The average molecular weight is 436 g/mol. The van der Waals surface area contributed by atoms with E-state index in [1.807, 2.05) is 13.1 Å². The average Bonchev–Trinajstić information content (AvgIpc) is 3.24. The van der Waals surface area contributed by atoms with Crippen LogP contribution in [0.1, 0.15) is 61.1 Å². The highest BCUT2D eigenvalue weighted by Gasteiger charge is 2.48. The molecule has 1 amide bonds. The highest BCUT2D eigenvalue weighted by molar-refractivity contribution is 7.10. The molecule has 0 radical (unpaired) electrons. The molecule has 0 spiro atoms.